The molecule has 0 aliphatic carbocycles. The number of hydrogen-bond acceptors (Lipinski definition) is 3. The molecule has 0 bridgehead atoms. The molecule has 1 unspecified atom stereocenters. The van der Waals surface area contributed by atoms with Gasteiger partial charge in [-0.05, 0) is 48.9 Å². The summed E-state index contributed by atoms with van der Waals surface area (Å²) in [5.41, 5.74) is 2.20. The fraction of sp³-hybridized carbons (Fsp3) is 0.588. The summed E-state index contributed by atoms with van der Waals surface area (Å²) in [5, 5.41) is 2.87. The quantitative estimate of drug-likeness (QED) is 0.833. The summed E-state index contributed by atoms with van der Waals surface area (Å²) in [6.07, 6.45) is 2.25. The summed E-state index contributed by atoms with van der Waals surface area (Å²) in [5.74, 6) is 1.01. The van der Waals surface area contributed by atoms with Gasteiger partial charge in [0, 0.05) is 17.6 Å². The van der Waals surface area contributed by atoms with Gasteiger partial charge in [0.05, 0.1) is 6.10 Å². The van der Waals surface area contributed by atoms with E-state index in [-0.39, 0.29) is 18.6 Å². The summed E-state index contributed by atoms with van der Waals surface area (Å²) in [6.45, 7) is 7.64. The lowest BCUT2D eigenvalue weighted by molar-refractivity contribution is -0.123. The average molecular weight is 370 g/mol. The third-order valence-corrected chi connectivity index (χ3v) is 4.68. The predicted octanol–water partition coefficient (Wildman–Crippen LogP) is 3.55. The summed E-state index contributed by atoms with van der Waals surface area (Å²) in [7, 11) is 0. The van der Waals surface area contributed by atoms with Crippen molar-refractivity contribution >= 4 is 21.8 Å². The van der Waals surface area contributed by atoms with Crippen LogP contribution in [-0.2, 0) is 9.53 Å². The number of rotatable bonds is 6. The van der Waals surface area contributed by atoms with Crippen LogP contribution in [0.5, 0.6) is 5.75 Å². The second-order valence-electron chi connectivity index (χ2n) is 6.02. The van der Waals surface area contributed by atoms with Crippen LogP contribution in [0.4, 0.5) is 0 Å². The van der Waals surface area contributed by atoms with Crippen LogP contribution in [-0.4, -0.2) is 31.8 Å². The zero-order chi connectivity index (χ0) is 16.1. The Kier molecular flexibility index (Phi) is 6.26. The Balaban J connectivity index is 1.89. The number of halogens is 1. The maximum Gasteiger partial charge on any atom is 0.258 e. The molecule has 22 heavy (non-hydrogen) atoms. The van der Waals surface area contributed by atoms with Crippen LogP contribution in [0.25, 0.3) is 0 Å². The minimum atomic E-state index is -0.106. The van der Waals surface area contributed by atoms with Gasteiger partial charge < -0.3 is 14.8 Å². The lowest BCUT2D eigenvalue weighted by atomic mass is 10.0. The van der Waals surface area contributed by atoms with E-state index in [1.807, 2.05) is 13.0 Å². The molecule has 1 aromatic rings. The van der Waals surface area contributed by atoms with Crippen molar-refractivity contribution in [3.63, 3.8) is 0 Å². The van der Waals surface area contributed by atoms with Crippen molar-refractivity contribution in [2.24, 2.45) is 0 Å². The number of carbonyl (C=O) groups is 1. The average Bonchev–Trinajstić information content (AvgIpc) is 2.99. The topological polar surface area (TPSA) is 47.6 Å². The number of ether oxygens (including phenoxy) is 2. The molecule has 1 aromatic carbocycles. The number of benzene rings is 1. The Bertz CT molecular complexity index is 525. The Morgan fingerprint density at radius 3 is 2.91 bits per heavy atom. The first-order valence-electron chi connectivity index (χ1n) is 7.78. The molecule has 122 valence electrons. The fourth-order valence-electron chi connectivity index (χ4n) is 2.47. The zero-order valence-corrected chi connectivity index (χ0v) is 15.0. The van der Waals surface area contributed by atoms with E-state index in [0.717, 1.165) is 40.8 Å². The number of amides is 1. The largest absolute Gasteiger partial charge is 0.483 e. The van der Waals surface area contributed by atoms with Crippen molar-refractivity contribution in [3.05, 3.63) is 27.7 Å². The van der Waals surface area contributed by atoms with Gasteiger partial charge in [-0.25, -0.2) is 0 Å². The van der Waals surface area contributed by atoms with E-state index in [1.165, 1.54) is 0 Å². The van der Waals surface area contributed by atoms with Crippen LogP contribution in [0.15, 0.2) is 16.6 Å². The van der Waals surface area contributed by atoms with Crippen LogP contribution < -0.4 is 10.1 Å². The monoisotopic (exact) mass is 369 g/mol. The molecule has 0 aromatic heterocycles. The third-order valence-electron chi connectivity index (χ3n) is 3.82. The normalized spacial score (nSPS) is 17.8. The first kappa shape index (κ1) is 17.3. The van der Waals surface area contributed by atoms with E-state index in [1.54, 1.807) is 0 Å². The van der Waals surface area contributed by atoms with Gasteiger partial charge in [-0.15, -0.1) is 0 Å². The van der Waals surface area contributed by atoms with Crippen molar-refractivity contribution < 1.29 is 14.3 Å². The van der Waals surface area contributed by atoms with Crippen LogP contribution in [0.2, 0.25) is 0 Å². The fourth-order valence-corrected chi connectivity index (χ4v) is 2.84. The standard InChI is InChI=1S/C17H24BrNO3/c1-11(2)14-8-15(18)12(3)7-16(14)22-10-17(20)19-9-13-5-4-6-21-13/h7-8,11,13H,4-6,9-10H2,1-3H3,(H,19,20). The van der Waals surface area contributed by atoms with Gasteiger partial charge in [-0.1, -0.05) is 29.8 Å². The first-order chi connectivity index (χ1) is 10.5. The summed E-state index contributed by atoms with van der Waals surface area (Å²) < 4.78 is 12.3. The van der Waals surface area contributed by atoms with Crippen LogP contribution in [0, 0.1) is 6.92 Å². The summed E-state index contributed by atoms with van der Waals surface area (Å²) >= 11 is 3.54. The summed E-state index contributed by atoms with van der Waals surface area (Å²) in [4.78, 5) is 11.9. The lowest BCUT2D eigenvalue weighted by Gasteiger charge is -2.16. The molecule has 4 nitrogen and oxygen atoms in total. The Labute approximate surface area is 140 Å². The molecule has 1 aliphatic heterocycles. The minimum Gasteiger partial charge on any atom is -0.483 e. The second kappa shape index (κ2) is 7.97. The molecule has 2 rings (SSSR count). The van der Waals surface area contributed by atoms with Crippen molar-refractivity contribution in [2.45, 2.75) is 45.6 Å². The highest BCUT2D eigenvalue weighted by Gasteiger charge is 2.17. The third kappa shape index (κ3) is 4.71. The highest BCUT2D eigenvalue weighted by Crippen LogP contribution is 2.32. The maximum atomic E-state index is 11.9. The van der Waals surface area contributed by atoms with Crippen molar-refractivity contribution in [3.8, 4) is 5.75 Å². The van der Waals surface area contributed by atoms with Gasteiger partial charge in [0.2, 0.25) is 0 Å². The Morgan fingerprint density at radius 2 is 2.27 bits per heavy atom. The number of nitrogens with one attached hydrogen (secondary N) is 1. The van der Waals surface area contributed by atoms with Gasteiger partial charge in [0.15, 0.2) is 6.61 Å². The van der Waals surface area contributed by atoms with Crippen molar-refractivity contribution in [2.75, 3.05) is 19.8 Å². The molecule has 5 heteroatoms. The van der Waals surface area contributed by atoms with Crippen LogP contribution >= 0.6 is 15.9 Å². The van der Waals surface area contributed by atoms with Gasteiger partial charge in [-0.3, -0.25) is 4.79 Å². The van der Waals surface area contributed by atoms with E-state index in [9.17, 15) is 4.79 Å². The molecule has 1 amide bonds. The number of aryl methyl sites for hydroxylation is 1. The molecule has 0 radical (unpaired) electrons. The highest BCUT2D eigenvalue weighted by atomic mass is 79.9. The van der Waals surface area contributed by atoms with E-state index < -0.39 is 0 Å². The van der Waals surface area contributed by atoms with E-state index in [0.29, 0.717) is 12.5 Å². The number of carbonyl (C=O) groups excluding carboxylic acids is 1. The lowest BCUT2D eigenvalue weighted by Crippen LogP contribution is -2.35. The van der Waals surface area contributed by atoms with Gasteiger partial charge in [-0.2, -0.15) is 0 Å². The predicted molar refractivity (Wildman–Crippen MR) is 90.4 cm³/mol. The molecule has 1 aliphatic rings. The molecule has 0 saturated carbocycles. The Hall–Kier alpha value is -1.07. The molecule has 1 saturated heterocycles. The zero-order valence-electron chi connectivity index (χ0n) is 13.4. The molecular weight excluding hydrogens is 346 g/mol. The molecule has 1 fully saturated rings. The Morgan fingerprint density at radius 1 is 1.50 bits per heavy atom. The second-order valence-corrected chi connectivity index (χ2v) is 6.88. The molecule has 1 heterocycles. The van der Waals surface area contributed by atoms with Gasteiger partial charge in [0.1, 0.15) is 5.75 Å². The van der Waals surface area contributed by atoms with E-state index in [2.05, 4.69) is 41.2 Å². The van der Waals surface area contributed by atoms with Crippen LogP contribution in [0.3, 0.4) is 0 Å². The van der Waals surface area contributed by atoms with Crippen molar-refractivity contribution in [1.29, 1.82) is 0 Å². The smallest absolute Gasteiger partial charge is 0.258 e. The maximum absolute atomic E-state index is 11.9. The molecule has 1 atom stereocenters. The highest BCUT2D eigenvalue weighted by molar-refractivity contribution is 9.10. The summed E-state index contributed by atoms with van der Waals surface area (Å²) in [6, 6.07) is 4.05. The minimum absolute atomic E-state index is 0.0352. The molecule has 1 N–H and O–H groups in total. The first-order valence-corrected chi connectivity index (χ1v) is 8.57. The molecule has 0 spiro atoms. The van der Waals surface area contributed by atoms with Crippen LogP contribution in [0.1, 0.15) is 43.7 Å². The van der Waals surface area contributed by atoms with Gasteiger partial charge >= 0.3 is 0 Å². The van der Waals surface area contributed by atoms with E-state index >= 15 is 0 Å². The van der Waals surface area contributed by atoms with Crippen molar-refractivity contribution in [1.82, 2.24) is 5.32 Å². The SMILES string of the molecule is Cc1cc(OCC(=O)NCC2CCCO2)c(C(C)C)cc1Br. The molecular formula is C17H24BrNO3. The number of hydrogen-bond donors (Lipinski definition) is 1. The van der Waals surface area contributed by atoms with E-state index in [4.69, 9.17) is 9.47 Å². The van der Waals surface area contributed by atoms with Gasteiger partial charge in [0.25, 0.3) is 5.91 Å².